The molecule has 4 rings (SSSR count). The van der Waals surface area contributed by atoms with E-state index in [4.69, 9.17) is 18.9 Å². The number of carbonyl (C=O) groups excluding carboxylic acids is 2. The first kappa shape index (κ1) is 29.2. The lowest BCUT2D eigenvalue weighted by atomic mass is 10.1. The van der Waals surface area contributed by atoms with Crippen LogP contribution in [0.25, 0.3) is 10.9 Å². The summed E-state index contributed by atoms with van der Waals surface area (Å²) in [6, 6.07) is 9.09. The molecule has 2 amide bonds. The third-order valence-electron chi connectivity index (χ3n) is 6.70. The molecule has 2 heterocycles. The van der Waals surface area contributed by atoms with Gasteiger partial charge >= 0.3 is 0 Å². The minimum Gasteiger partial charge on any atom is -0.493 e. The van der Waals surface area contributed by atoms with Crippen molar-refractivity contribution in [1.29, 1.82) is 0 Å². The van der Waals surface area contributed by atoms with E-state index in [2.05, 4.69) is 9.88 Å². The van der Waals surface area contributed by atoms with Gasteiger partial charge in [-0.1, -0.05) is 6.92 Å². The smallest absolute Gasteiger partial charge is 0.247 e. The predicted molar refractivity (Wildman–Crippen MR) is 149 cm³/mol. The number of amides is 2. The van der Waals surface area contributed by atoms with E-state index in [0.29, 0.717) is 47.7 Å². The second-order valence-corrected chi connectivity index (χ2v) is 9.40. The number of likely N-dealkylation sites (N-methyl/N-ethyl adjacent to an activating group) is 1. The van der Waals surface area contributed by atoms with Crippen molar-refractivity contribution < 1.29 is 32.9 Å². The summed E-state index contributed by atoms with van der Waals surface area (Å²) in [6.45, 7) is 7.38. The van der Waals surface area contributed by atoms with Crippen molar-refractivity contribution in [1.82, 2.24) is 14.8 Å². The first-order chi connectivity index (χ1) is 19.4. The highest BCUT2D eigenvalue weighted by atomic mass is 19.1. The van der Waals surface area contributed by atoms with Crippen LogP contribution in [0.2, 0.25) is 0 Å². The molecule has 1 aliphatic heterocycles. The number of hydrogen-bond acceptors (Lipinski definition) is 9. The number of methoxy groups -OCH3 is 1. The van der Waals surface area contributed by atoms with E-state index in [1.165, 1.54) is 12.1 Å². The van der Waals surface area contributed by atoms with Crippen molar-refractivity contribution in [2.75, 3.05) is 71.6 Å². The largest absolute Gasteiger partial charge is 0.493 e. The Bertz CT molecular complexity index is 1320. The van der Waals surface area contributed by atoms with Gasteiger partial charge in [-0.3, -0.25) is 29.3 Å². The summed E-state index contributed by atoms with van der Waals surface area (Å²) in [5, 5.41) is 0.607. The SMILES string of the molecule is CCN(C)CC(=O)N(C=O)c1ccc(Oc2ccnc3cc(OCCCN4CCOCC4)c(OC)cc23)c(F)c1. The van der Waals surface area contributed by atoms with Crippen LogP contribution in [0.4, 0.5) is 10.1 Å². The summed E-state index contributed by atoms with van der Waals surface area (Å²) >= 11 is 0. The summed E-state index contributed by atoms with van der Waals surface area (Å²) in [7, 11) is 3.31. The minimum absolute atomic E-state index is 0.0273. The van der Waals surface area contributed by atoms with Gasteiger partial charge in [0.15, 0.2) is 23.1 Å². The Kier molecular flexibility index (Phi) is 10.2. The zero-order chi connectivity index (χ0) is 28.5. The van der Waals surface area contributed by atoms with Gasteiger partial charge in [0, 0.05) is 43.4 Å². The summed E-state index contributed by atoms with van der Waals surface area (Å²) < 4.78 is 38.0. The Balaban J connectivity index is 1.48. The van der Waals surface area contributed by atoms with Crippen LogP contribution in [0.1, 0.15) is 13.3 Å². The highest BCUT2D eigenvalue weighted by molar-refractivity contribution is 6.07. The molecule has 3 aromatic rings. The Morgan fingerprint density at radius 2 is 1.93 bits per heavy atom. The Morgan fingerprint density at radius 1 is 1.12 bits per heavy atom. The number of imide groups is 1. The van der Waals surface area contributed by atoms with Crippen LogP contribution >= 0.6 is 0 Å². The number of morpholine rings is 1. The van der Waals surface area contributed by atoms with Gasteiger partial charge in [0.1, 0.15) is 5.75 Å². The monoisotopic (exact) mass is 554 g/mol. The van der Waals surface area contributed by atoms with Gasteiger partial charge in [-0.2, -0.15) is 0 Å². The quantitative estimate of drug-likeness (QED) is 0.232. The molecule has 0 radical (unpaired) electrons. The van der Waals surface area contributed by atoms with Crippen molar-refractivity contribution in [3.8, 4) is 23.0 Å². The first-order valence-corrected chi connectivity index (χ1v) is 13.3. The number of halogens is 1. The molecular weight excluding hydrogens is 519 g/mol. The van der Waals surface area contributed by atoms with Crippen LogP contribution in [-0.2, 0) is 14.3 Å². The molecule has 1 fully saturated rings. The number of carbonyl (C=O) groups is 2. The van der Waals surface area contributed by atoms with Gasteiger partial charge in [-0.15, -0.1) is 0 Å². The topological polar surface area (TPSA) is 93.7 Å². The van der Waals surface area contributed by atoms with Crippen molar-refractivity contribution in [2.45, 2.75) is 13.3 Å². The van der Waals surface area contributed by atoms with E-state index in [1.54, 1.807) is 43.5 Å². The average Bonchev–Trinajstić information content (AvgIpc) is 2.97. The molecule has 40 heavy (non-hydrogen) atoms. The van der Waals surface area contributed by atoms with Crippen LogP contribution < -0.4 is 19.1 Å². The van der Waals surface area contributed by atoms with Crippen LogP contribution in [0, 0.1) is 5.82 Å². The fourth-order valence-electron chi connectivity index (χ4n) is 4.31. The number of ether oxygens (including phenoxy) is 4. The molecule has 0 spiro atoms. The van der Waals surface area contributed by atoms with Gasteiger partial charge in [0.05, 0.1) is 44.7 Å². The number of pyridine rings is 1. The Labute approximate surface area is 233 Å². The second kappa shape index (κ2) is 14.0. The molecule has 0 unspecified atom stereocenters. The van der Waals surface area contributed by atoms with Crippen LogP contribution in [0.15, 0.2) is 42.6 Å². The molecule has 0 N–H and O–H groups in total. The third-order valence-corrected chi connectivity index (χ3v) is 6.70. The fraction of sp³-hybridized carbons (Fsp3) is 0.414. The fourth-order valence-corrected chi connectivity index (χ4v) is 4.31. The van der Waals surface area contributed by atoms with E-state index < -0.39 is 11.7 Å². The number of aromatic nitrogens is 1. The molecule has 1 aromatic heterocycles. The van der Waals surface area contributed by atoms with Gasteiger partial charge in [-0.05, 0) is 44.3 Å². The van der Waals surface area contributed by atoms with Crippen LogP contribution in [0.3, 0.4) is 0 Å². The van der Waals surface area contributed by atoms with E-state index in [-0.39, 0.29) is 18.0 Å². The molecule has 0 atom stereocenters. The number of fused-ring (bicyclic) bond motifs is 1. The lowest BCUT2D eigenvalue weighted by molar-refractivity contribution is -0.122. The van der Waals surface area contributed by atoms with E-state index in [0.717, 1.165) is 50.2 Å². The lowest BCUT2D eigenvalue weighted by Gasteiger charge is -2.26. The summed E-state index contributed by atoms with van der Waals surface area (Å²) in [5.41, 5.74) is 0.710. The highest BCUT2D eigenvalue weighted by Crippen LogP contribution is 2.38. The van der Waals surface area contributed by atoms with Gasteiger partial charge in [0.25, 0.3) is 0 Å². The molecule has 2 aromatic carbocycles. The normalized spacial score (nSPS) is 13.8. The molecule has 11 heteroatoms. The number of nitrogens with zero attached hydrogens (tertiary/aromatic N) is 4. The molecule has 214 valence electrons. The van der Waals surface area contributed by atoms with Crippen LogP contribution in [-0.4, -0.2) is 93.8 Å². The minimum atomic E-state index is -0.724. The Morgan fingerprint density at radius 3 is 2.62 bits per heavy atom. The molecule has 1 aliphatic rings. The maximum absolute atomic E-state index is 15.1. The van der Waals surface area contributed by atoms with E-state index in [9.17, 15) is 9.59 Å². The van der Waals surface area contributed by atoms with E-state index in [1.807, 2.05) is 6.92 Å². The van der Waals surface area contributed by atoms with Gasteiger partial charge in [0.2, 0.25) is 12.3 Å². The van der Waals surface area contributed by atoms with Crippen LogP contribution in [0.5, 0.6) is 23.0 Å². The number of benzene rings is 2. The number of rotatable bonds is 13. The maximum atomic E-state index is 15.1. The molecule has 0 aliphatic carbocycles. The molecule has 10 nitrogen and oxygen atoms in total. The first-order valence-electron chi connectivity index (χ1n) is 13.3. The number of anilines is 1. The summed E-state index contributed by atoms with van der Waals surface area (Å²) in [6.07, 6.45) is 2.80. The van der Waals surface area contributed by atoms with Gasteiger partial charge < -0.3 is 18.9 Å². The lowest BCUT2D eigenvalue weighted by Crippen LogP contribution is -2.38. The van der Waals surface area contributed by atoms with Crippen molar-refractivity contribution in [2.24, 2.45) is 0 Å². The summed E-state index contributed by atoms with van der Waals surface area (Å²) in [4.78, 5) is 33.5. The Hall–Kier alpha value is -3.80. The second-order valence-electron chi connectivity index (χ2n) is 9.40. The van der Waals surface area contributed by atoms with E-state index >= 15 is 4.39 Å². The zero-order valence-electron chi connectivity index (χ0n) is 23.1. The highest BCUT2D eigenvalue weighted by Gasteiger charge is 2.19. The zero-order valence-corrected chi connectivity index (χ0v) is 23.1. The molecular formula is C29H35FN4O6. The molecule has 1 saturated heterocycles. The maximum Gasteiger partial charge on any atom is 0.247 e. The summed E-state index contributed by atoms with van der Waals surface area (Å²) in [5.74, 6) is 0.176. The molecule has 0 bridgehead atoms. The van der Waals surface area contributed by atoms with Gasteiger partial charge in [-0.25, -0.2) is 4.39 Å². The van der Waals surface area contributed by atoms with Crippen molar-refractivity contribution in [3.05, 3.63) is 48.4 Å². The number of hydrogen-bond donors (Lipinski definition) is 0. The standard InChI is InChI=1S/C29H35FN4O6/c1-4-32(2)19-29(36)34(20-35)21-6-7-26(23(30)16-21)40-25-8-9-31-24-18-28(27(37-3)17-22(24)25)39-13-5-10-33-11-14-38-15-12-33/h6-9,16-18,20H,4-5,10-15,19H2,1-3H3. The van der Waals surface area contributed by atoms with Crippen molar-refractivity contribution in [3.63, 3.8) is 0 Å². The predicted octanol–water partition coefficient (Wildman–Crippen LogP) is 3.72. The average molecular weight is 555 g/mol. The van der Waals surface area contributed by atoms with Crippen molar-refractivity contribution >= 4 is 28.9 Å². The molecule has 0 saturated carbocycles. The third kappa shape index (κ3) is 7.23.